The van der Waals surface area contributed by atoms with E-state index in [0.29, 0.717) is 11.3 Å². The minimum atomic E-state index is -3.17. The van der Waals surface area contributed by atoms with Crippen LogP contribution in [0.25, 0.3) is 0 Å². The van der Waals surface area contributed by atoms with Crippen molar-refractivity contribution in [2.24, 2.45) is 5.90 Å². The first kappa shape index (κ1) is 11.2. The molecule has 78 valence electrons. The van der Waals surface area contributed by atoms with Crippen LogP contribution in [0.2, 0.25) is 0 Å². The van der Waals surface area contributed by atoms with Crippen LogP contribution in [0, 0.1) is 0 Å². The van der Waals surface area contributed by atoms with Crippen molar-refractivity contribution >= 4 is 9.84 Å². The Balaban J connectivity index is 2.67. The summed E-state index contributed by atoms with van der Waals surface area (Å²) in [5.41, 5.74) is 0. The van der Waals surface area contributed by atoms with Crippen LogP contribution in [0.15, 0.2) is 35.2 Å². The van der Waals surface area contributed by atoms with Gasteiger partial charge in [0, 0.05) is 0 Å². The Bertz CT molecular complexity index is 361. The molecule has 4 nitrogen and oxygen atoms in total. The number of hydrogen-bond donors (Lipinski definition) is 1. The van der Waals surface area contributed by atoms with Gasteiger partial charge in [0.25, 0.3) is 0 Å². The molecule has 0 aromatic heterocycles. The van der Waals surface area contributed by atoms with E-state index >= 15 is 0 Å². The van der Waals surface area contributed by atoms with Gasteiger partial charge in [0.2, 0.25) is 0 Å². The number of nitrogens with two attached hydrogens (primary N) is 1. The summed E-state index contributed by atoms with van der Waals surface area (Å²) in [6.07, 6.45) is 0.410. The van der Waals surface area contributed by atoms with Gasteiger partial charge in [-0.1, -0.05) is 18.2 Å². The average molecular weight is 215 g/mol. The van der Waals surface area contributed by atoms with Crippen molar-refractivity contribution in [1.29, 1.82) is 0 Å². The van der Waals surface area contributed by atoms with E-state index in [-0.39, 0.29) is 12.4 Å². The maximum absolute atomic E-state index is 11.6. The molecule has 0 aliphatic rings. The van der Waals surface area contributed by atoms with Crippen LogP contribution < -0.4 is 5.90 Å². The van der Waals surface area contributed by atoms with Crippen molar-refractivity contribution in [3.05, 3.63) is 30.3 Å². The Morgan fingerprint density at radius 2 is 1.86 bits per heavy atom. The maximum atomic E-state index is 11.6. The van der Waals surface area contributed by atoms with Crippen LogP contribution in [0.4, 0.5) is 0 Å². The molecular weight excluding hydrogens is 202 g/mol. The third-order valence-corrected chi connectivity index (χ3v) is 3.59. The van der Waals surface area contributed by atoms with Crippen LogP contribution in [0.1, 0.15) is 6.42 Å². The highest BCUT2D eigenvalue weighted by Crippen LogP contribution is 2.10. The van der Waals surface area contributed by atoms with Gasteiger partial charge in [0.05, 0.1) is 17.3 Å². The lowest BCUT2D eigenvalue weighted by Crippen LogP contribution is -2.10. The Hall–Kier alpha value is -0.910. The Morgan fingerprint density at radius 1 is 1.21 bits per heavy atom. The van der Waals surface area contributed by atoms with E-state index in [9.17, 15) is 8.42 Å². The third kappa shape index (κ3) is 3.10. The van der Waals surface area contributed by atoms with Gasteiger partial charge in [0.15, 0.2) is 9.84 Å². The number of benzene rings is 1. The molecule has 2 N–H and O–H groups in total. The smallest absolute Gasteiger partial charge is 0.178 e. The molecule has 0 aliphatic carbocycles. The summed E-state index contributed by atoms with van der Waals surface area (Å²) < 4.78 is 23.2. The van der Waals surface area contributed by atoms with Crippen LogP contribution in [-0.2, 0) is 14.7 Å². The number of hydrogen-bond acceptors (Lipinski definition) is 4. The van der Waals surface area contributed by atoms with E-state index in [1.165, 1.54) is 0 Å². The van der Waals surface area contributed by atoms with Crippen LogP contribution in [0.5, 0.6) is 0 Å². The molecule has 0 radical (unpaired) electrons. The van der Waals surface area contributed by atoms with E-state index in [2.05, 4.69) is 4.84 Å². The number of sulfone groups is 1. The predicted octanol–water partition coefficient (Wildman–Crippen LogP) is 0.741. The van der Waals surface area contributed by atoms with E-state index in [0.717, 1.165) is 0 Å². The first-order valence-corrected chi connectivity index (χ1v) is 5.91. The fourth-order valence-corrected chi connectivity index (χ4v) is 2.38. The van der Waals surface area contributed by atoms with Gasteiger partial charge < -0.3 is 4.84 Å². The molecule has 1 rings (SSSR count). The SMILES string of the molecule is NOCCCS(=O)(=O)c1ccccc1. The largest absolute Gasteiger partial charge is 0.305 e. The molecule has 0 unspecified atom stereocenters. The summed E-state index contributed by atoms with van der Waals surface area (Å²) in [4.78, 5) is 4.65. The molecule has 0 fully saturated rings. The molecule has 0 bridgehead atoms. The summed E-state index contributed by atoms with van der Waals surface area (Å²) in [5, 5.41) is 0. The van der Waals surface area contributed by atoms with Crippen molar-refractivity contribution in [2.45, 2.75) is 11.3 Å². The molecule has 1 aromatic carbocycles. The fourth-order valence-electron chi connectivity index (χ4n) is 1.08. The van der Waals surface area contributed by atoms with Gasteiger partial charge >= 0.3 is 0 Å². The highest BCUT2D eigenvalue weighted by Gasteiger charge is 2.12. The molecular formula is C9H13NO3S. The zero-order valence-electron chi connectivity index (χ0n) is 7.72. The Labute approximate surface area is 83.6 Å². The van der Waals surface area contributed by atoms with Gasteiger partial charge in [0.1, 0.15) is 0 Å². The van der Waals surface area contributed by atoms with Crippen molar-refractivity contribution in [2.75, 3.05) is 12.4 Å². The Kier molecular flexibility index (Phi) is 4.06. The second-order valence-electron chi connectivity index (χ2n) is 2.86. The topological polar surface area (TPSA) is 69.4 Å². The quantitative estimate of drug-likeness (QED) is 0.581. The van der Waals surface area contributed by atoms with Gasteiger partial charge in [-0.05, 0) is 18.6 Å². The summed E-state index contributed by atoms with van der Waals surface area (Å²) in [6, 6.07) is 8.35. The van der Waals surface area contributed by atoms with E-state index in [4.69, 9.17) is 5.90 Å². The molecule has 0 saturated carbocycles. The highest BCUT2D eigenvalue weighted by molar-refractivity contribution is 7.91. The zero-order chi connectivity index (χ0) is 10.4. The molecule has 1 aromatic rings. The van der Waals surface area contributed by atoms with Crippen molar-refractivity contribution in [3.8, 4) is 0 Å². The second-order valence-corrected chi connectivity index (χ2v) is 4.97. The molecule has 14 heavy (non-hydrogen) atoms. The number of rotatable bonds is 5. The van der Waals surface area contributed by atoms with Crippen LogP contribution in [-0.4, -0.2) is 20.8 Å². The molecule has 0 atom stereocenters. The third-order valence-electron chi connectivity index (χ3n) is 1.78. The molecule has 0 spiro atoms. The van der Waals surface area contributed by atoms with Crippen LogP contribution >= 0.6 is 0 Å². The minimum absolute atomic E-state index is 0.0637. The summed E-state index contributed by atoms with van der Waals surface area (Å²) in [7, 11) is -3.17. The van der Waals surface area contributed by atoms with Gasteiger partial charge in [-0.25, -0.2) is 14.3 Å². The van der Waals surface area contributed by atoms with Crippen molar-refractivity contribution in [1.82, 2.24) is 0 Å². The van der Waals surface area contributed by atoms with Gasteiger partial charge in [-0.15, -0.1) is 0 Å². The molecule has 0 aliphatic heterocycles. The Morgan fingerprint density at radius 3 is 2.43 bits per heavy atom. The average Bonchev–Trinajstić information content (AvgIpc) is 2.19. The first-order chi connectivity index (χ1) is 6.67. The van der Waals surface area contributed by atoms with E-state index in [1.54, 1.807) is 30.3 Å². The van der Waals surface area contributed by atoms with Crippen LogP contribution in [0.3, 0.4) is 0 Å². The van der Waals surface area contributed by atoms with E-state index in [1.807, 2.05) is 0 Å². The standard InChI is InChI=1S/C9H13NO3S/c10-13-7-4-8-14(11,12)9-5-2-1-3-6-9/h1-3,5-6H,4,7-8,10H2. The lowest BCUT2D eigenvalue weighted by atomic mass is 10.4. The fraction of sp³-hybridized carbons (Fsp3) is 0.333. The normalized spacial score (nSPS) is 11.5. The molecule has 0 heterocycles. The van der Waals surface area contributed by atoms with Crippen molar-refractivity contribution < 1.29 is 13.3 Å². The highest BCUT2D eigenvalue weighted by atomic mass is 32.2. The lowest BCUT2D eigenvalue weighted by Gasteiger charge is -2.02. The van der Waals surface area contributed by atoms with Crippen molar-refractivity contribution in [3.63, 3.8) is 0 Å². The van der Waals surface area contributed by atoms with Gasteiger partial charge in [-0.2, -0.15) is 0 Å². The van der Waals surface area contributed by atoms with Gasteiger partial charge in [-0.3, -0.25) is 0 Å². The predicted molar refractivity (Wildman–Crippen MR) is 53.3 cm³/mol. The monoisotopic (exact) mass is 215 g/mol. The van der Waals surface area contributed by atoms with E-state index < -0.39 is 9.84 Å². The molecule has 0 saturated heterocycles. The summed E-state index contributed by atoms with van der Waals surface area (Å²) >= 11 is 0. The lowest BCUT2D eigenvalue weighted by molar-refractivity contribution is 0.139. The molecule has 5 heteroatoms. The summed E-state index contributed by atoms with van der Waals surface area (Å²) in [5.74, 6) is 4.87. The second kappa shape index (κ2) is 5.09. The minimum Gasteiger partial charge on any atom is -0.305 e. The first-order valence-electron chi connectivity index (χ1n) is 4.26. The summed E-state index contributed by atoms with van der Waals surface area (Å²) in [6.45, 7) is 0.256. The molecule has 0 amide bonds. The zero-order valence-corrected chi connectivity index (χ0v) is 8.53. The maximum Gasteiger partial charge on any atom is 0.178 e.